The highest BCUT2D eigenvalue weighted by atomic mass is 32.1. The van der Waals surface area contributed by atoms with Gasteiger partial charge in [0.25, 0.3) is 0 Å². The van der Waals surface area contributed by atoms with Crippen molar-refractivity contribution in [2.45, 2.75) is 0 Å². The van der Waals surface area contributed by atoms with Gasteiger partial charge in [0.15, 0.2) is 5.51 Å². The van der Waals surface area contributed by atoms with Crippen LogP contribution in [0.25, 0.3) is 28.2 Å². The molecule has 0 unspecified atom stereocenters. The number of pyridine rings is 1. The van der Waals surface area contributed by atoms with Gasteiger partial charge in [-0.3, -0.25) is 0 Å². The molecule has 0 fully saturated rings. The minimum atomic E-state index is -0.246. The number of halogens is 1. The molecule has 1 radical (unpaired) electrons. The molecule has 3 heterocycles. The maximum Gasteiger partial charge on any atom is 0.152 e. The van der Waals surface area contributed by atoms with Gasteiger partial charge in [0.05, 0.1) is 11.4 Å². The molecule has 0 amide bonds. The van der Waals surface area contributed by atoms with Gasteiger partial charge >= 0.3 is 0 Å². The lowest BCUT2D eigenvalue weighted by molar-refractivity contribution is 0.628. The van der Waals surface area contributed by atoms with Gasteiger partial charge in [-0.25, -0.2) is 14.4 Å². The van der Waals surface area contributed by atoms with Crippen LogP contribution in [-0.4, -0.2) is 14.4 Å². The molecule has 0 aliphatic carbocycles. The third kappa shape index (κ3) is 2.21. The molecule has 0 N–H and O–H groups in total. The van der Waals surface area contributed by atoms with Crippen molar-refractivity contribution in [3.63, 3.8) is 0 Å². The molecule has 101 valence electrons. The highest BCUT2D eigenvalue weighted by Gasteiger charge is 2.07. The largest absolute Gasteiger partial charge is 0.306 e. The number of hydrogen-bond acceptors (Lipinski definition) is 3. The lowest BCUT2D eigenvalue weighted by atomic mass is 10.2. The van der Waals surface area contributed by atoms with Gasteiger partial charge in [-0.1, -0.05) is 0 Å². The molecule has 1 aromatic carbocycles. The smallest absolute Gasteiger partial charge is 0.152 e. The summed E-state index contributed by atoms with van der Waals surface area (Å²) in [5, 5.41) is 1.96. The topological polar surface area (TPSA) is 30.2 Å². The van der Waals surface area contributed by atoms with Crippen LogP contribution in [-0.2, 0) is 0 Å². The minimum absolute atomic E-state index is 0.246. The van der Waals surface area contributed by atoms with Crippen molar-refractivity contribution < 1.29 is 4.39 Å². The lowest BCUT2D eigenvalue weighted by Crippen LogP contribution is -1.85. The predicted molar refractivity (Wildman–Crippen MR) is 80.5 cm³/mol. The Hall–Kier alpha value is -2.53. The second kappa shape index (κ2) is 4.79. The van der Waals surface area contributed by atoms with Crippen molar-refractivity contribution in [3.05, 3.63) is 65.5 Å². The molecule has 0 spiro atoms. The SMILES string of the molecule is Fc1ccc(-c2cn3cc(-c4cs[c]n4)ccc3n2)cc1. The Bertz CT molecular complexity index is 895. The van der Waals surface area contributed by atoms with Crippen LogP contribution in [0, 0.1) is 11.3 Å². The van der Waals surface area contributed by atoms with Crippen LogP contribution >= 0.6 is 11.3 Å². The number of thiazole rings is 1. The average molecular weight is 294 g/mol. The van der Waals surface area contributed by atoms with Crippen LogP contribution in [0.2, 0.25) is 0 Å². The Balaban J connectivity index is 1.81. The highest BCUT2D eigenvalue weighted by molar-refractivity contribution is 7.07. The Morgan fingerprint density at radius 2 is 1.76 bits per heavy atom. The summed E-state index contributed by atoms with van der Waals surface area (Å²) in [6.45, 7) is 0. The van der Waals surface area contributed by atoms with Gasteiger partial charge in [0.2, 0.25) is 0 Å². The van der Waals surface area contributed by atoms with Crippen LogP contribution in [0.15, 0.2) is 54.2 Å². The molecular weight excluding hydrogens is 285 g/mol. The molecule has 3 nitrogen and oxygen atoms in total. The maximum atomic E-state index is 13.0. The number of fused-ring (bicyclic) bond motifs is 1. The van der Waals surface area contributed by atoms with Crippen molar-refractivity contribution in [1.29, 1.82) is 0 Å². The first-order chi connectivity index (χ1) is 10.3. The van der Waals surface area contributed by atoms with E-state index in [0.717, 1.165) is 28.2 Å². The first-order valence-electron chi connectivity index (χ1n) is 6.36. The van der Waals surface area contributed by atoms with E-state index in [1.54, 1.807) is 12.1 Å². The summed E-state index contributed by atoms with van der Waals surface area (Å²) in [5.41, 5.74) is 7.32. The summed E-state index contributed by atoms with van der Waals surface area (Å²) in [6, 6.07) is 10.3. The Kier molecular flexibility index (Phi) is 2.79. The van der Waals surface area contributed by atoms with E-state index in [4.69, 9.17) is 0 Å². The zero-order valence-electron chi connectivity index (χ0n) is 10.8. The van der Waals surface area contributed by atoms with Gasteiger partial charge < -0.3 is 4.40 Å². The third-order valence-electron chi connectivity index (χ3n) is 3.28. The number of imidazole rings is 1. The van der Waals surface area contributed by atoms with Crippen molar-refractivity contribution in [2.24, 2.45) is 0 Å². The van der Waals surface area contributed by atoms with Crippen molar-refractivity contribution in [1.82, 2.24) is 14.4 Å². The van der Waals surface area contributed by atoms with E-state index >= 15 is 0 Å². The number of nitrogens with zero attached hydrogens (tertiary/aromatic N) is 3. The third-order valence-corrected chi connectivity index (χ3v) is 3.81. The summed E-state index contributed by atoms with van der Waals surface area (Å²) < 4.78 is 14.9. The molecular formula is C16H9FN3S. The van der Waals surface area contributed by atoms with Crippen LogP contribution in [0.3, 0.4) is 0 Å². The van der Waals surface area contributed by atoms with E-state index in [0.29, 0.717) is 0 Å². The van der Waals surface area contributed by atoms with Gasteiger partial charge in [-0.15, -0.1) is 11.3 Å². The van der Waals surface area contributed by atoms with E-state index in [9.17, 15) is 4.39 Å². The zero-order valence-corrected chi connectivity index (χ0v) is 11.6. The second-order valence-electron chi connectivity index (χ2n) is 4.64. The van der Waals surface area contributed by atoms with E-state index in [-0.39, 0.29) is 5.82 Å². The summed E-state index contributed by atoms with van der Waals surface area (Å²) in [5.74, 6) is -0.246. The average Bonchev–Trinajstić information content (AvgIpc) is 3.16. The molecule has 0 atom stereocenters. The number of benzene rings is 1. The summed E-state index contributed by atoms with van der Waals surface area (Å²) in [6.07, 6.45) is 3.92. The Labute approximate surface area is 124 Å². The van der Waals surface area contributed by atoms with Gasteiger partial charge in [-0.2, -0.15) is 0 Å². The number of rotatable bonds is 2. The maximum absolute atomic E-state index is 13.0. The highest BCUT2D eigenvalue weighted by Crippen LogP contribution is 2.23. The quantitative estimate of drug-likeness (QED) is 0.558. The molecule has 0 saturated carbocycles. The number of hydrogen-bond donors (Lipinski definition) is 0. The molecule has 3 aromatic heterocycles. The summed E-state index contributed by atoms with van der Waals surface area (Å²) in [7, 11) is 0. The summed E-state index contributed by atoms with van der Waals surface area (Å²) in [4.78, 5) is 8.74. The van der Waals surface area contributed by atoms with Crippen LogP contribution in [0.1, 0.15) is 0 Å². The number of aromatic nitrogens is 3. The van der Waals surface area contributed by atoms with E-state index in [1.807, 2.05) is 34.3 Å². The van der Waals surface area contributed by atoms with Gasteiger partial charge in [0.1, 0.15) is 11.5 Å². The molecule has 4 rings (SSSR count). The molecule has 0 aliphatic heterocycles. The van der Waals surface area contributed by atoms with Crippen molar-refractivity contribution in [2.75, 3.05) is 0 Å². The zero-order chi connectivity index (χ0) is 14.2. The monoisotopic (exact) mass is 294 g/mol. The van der Waals surface area contributed by atoms with Crippen LogP contribution in [0.4, 0.5) is 4.39 Å². The molecule has 4 aromatic rings. The van der Waals surface area contributed by atoms with Crippen LogP contribution < -0.4 is 0 Å². The van der Waals surface area contributed by atoms with Crippen molar-refractivity contribution in [3.8, 4) is 22.5 Å². The fraction of sp³-hybridized carbons (Fsp3) is 0. The summed E-state index contributed by atoms with van der Waals surface area (Å²) >= 11 is 1.45. The van der Waals surface area contributed by atoms with Gasteiger partial charge in [-0.05, 0) is 36.4 Å². The normalized spacial score (nSPS) is 11.1. The standard InChI is InChI=1S/C16H9FN3S/c17-13-4-1-11(2-5-13)14-8-20-7-12(3-6-16(20)19-14)15-9-21-10-18-15/h1-9H. The van der Waals surface area contributed by atoms with Crippen molar-refractivity contribution >= 4 is 17.0 Å². The fourth-order valence-corrected chi connectivity index (χ4v) is 2.72. The second-order valence-corrected chi connectivity index (χ2v) is 5.29. The predicted octanol–water partition coefficient (Wildman–Crippen LogP) is 4.06. The van der Waals surface area contributed by atoms with Gasteiger partial charge in [0, 0.05) is 28.9 Å². The molecule has 21 heavy (non-hydrogen) atoms. The minimum Gasteiger partial charge on any atom is -0.306 e. The first kappa shape index (κ1) is 12.2. The van der Waals surface area contributed by atoms with E-state index in [1.165, 1.54) is 23.5 Å². The van der Waals surface area contributed by atoms with Crippen LogP contribution in [0.5, 0.6) is 0 Å². The Morgan fingerprint density at radius 3 is 2.52 bits per heavy atom. The van der Waals surface area contributed by atoms with E-state index in [2.05, 4.69) is 15.5 Å². The first-order valence-corrected chi connectivity index (χ1v) is 7.24. The molecule has 0 aliphatic rings. The molecule has 0 bridgehead atoms. The molecule has 0 saturated heterocycles. The van der Waals surface area contributed by atoms with E-state index < -0.39 is 0 Å². The fourth-order valence-electron chi connectivity index (χ4n) is 2.22. The molecule has 5 heteroatoms. The lowest BCUT2D eigenvalue weighted by Gasteiger charge is -1.97. The Morgan fingerprint density at radius 1 is 0.952 bits per heavy atom.